The molecule has 8 heteroatoms. The first kappa shape index (κ1) is 18.4. The van der Waals surface area contributed by atoms with Gasteiger partial charge in [-0.3, -0.25) is 9.59 Å². The highest BCUT2D eigenvalue weighted by Crippen LogP contribution is 2.39. The van der Waals surface area contributed by atoms with Gasteiger partial charge in [0.2, 0.25) is 5.75 Å². The molecule has 0 radical (unpaired) electrons. The van der Waals surface area contributed by atoms with Crippen molar-refractivity contribution in [3.05, 3.63) is 41.4 Å². The van der Waals surface area contributed by atoms with Gasteiger partial charge in [0.15, 0.2) is 11.5 Å². The van der Waals surface area contributed by atoms with Crippen molar-refractivity contribution in [3.63, 3.8) is 0 Å². The number of hydrogen-bond donors (Lipinski definition) is 2. The fraction of sp³-hybridized carbons (Fsp3) is 0.176. The lowest BCUT2D eigenvalue weighted by Crippen LogP contribution is -2.29. The number of anilines is 2. The molecule has 0 heterocycles. The monoisotopic (exact) mass is 364 g/mol. The highest BCUT2D eigenvalue weighted by Gasteiger charge is 2.18. The standard InChI is InChI=1S/C17H17ClN2O5/c1-23-13-8-12(9-14(24-2)15(13)25-3)20-17(22)16(21)19-11-6-4-5-10(18)7-11/h4-9H,1-3H3,(H,19,21)(H,20,22). The topological polar surface area (TPSA) is 85.9 Å². The molecule has 2 aromatic carbocycles. The van der Waals surface area contributed by atoms with Crippen LogP contribution in [0.1, 0.15) is 0 Å². The molecule has 0 saturated heterocycles. The van der Waals surface area contributed by atoms with Gasteiger partial charge in [-0.2, -0.15) is 0 Å². The second kappa shape index (κ2) is 8.25. The number of benzene rings is 2. The van der Waals surface area contributed by atoms with Crippen LogP contribution in [0.25, 0.3) is 0 Å². The number of methoxy groups -OCH3 is 3. The first-order chi connectivity index (χ1) is 12.0. The van der Waals surface area contributed by atoms with Gasteiger partial charge in [-0.05, 0) is 18.2 Å². The Morgan fingerprint density at radius 1 is 0.840 bits per heavy atom. The Kier molecular flexibility index (Phi) is 6.08. The molecular formula is C17H17ClN2O5. The van der Waals surface area contributed by atoms with Crippen LogP contribution in [0.2, 0.25) is 5.02 Å². The number of nitrogens with one attached hydrogen (secondary N) is 2. The molecule has 25 heavy (non-hydrogen) atoms. The summed E-state index contributed by atoms with van der Waals surface area (Å²) >= 11 is 5.84. The second-order valence-electron chi connectivity index (χ2n) is 4.83. The minimum absolute atomic E-state index is 0.320. The highest BCUT2D eigenvalue weighted by atomic mass is 35.5. The number of hydrogen-bond acceptors (Lipinski definition) is 5. The van der Waals surface area contributed by atoms with Crippen molar-refractivity contribution < 1.29 is 23.8 Å². The van der Waals surface area contributed by atoms with Crippen LogP contribution >= 0.6 is 11.6 Å². The molecule has 0 spiro atoms. The Morgan fingerprint density at radius 2 is 1.40 bits per heavy atom. The minimum atomic E-state index is -0.853. The third-order valence-electron chi connectivity index (χ3n) is 3.21. The van der Waals surface area contributed by atoms with E-state index in [4.69, 9.17) is 25.8 Å². The maximum Gasteiger partial charge on any atom is 0.314 e. The number of carbonyl (C=O) groups is 2. The molecule has 0 aliphatic carbocycles. The molecule has 0 unspecified atom stereocenters. The van der Waals surface area contributed by atoms with Crippen LogP contribution in [0.15, 0.2) is 36.4 Å². The predicted molar refractivity (Wildman–Crippen MR) is 94.8 cm³/mol. The first-order valence-corrected chi connectivity index (χ1v) is 7.54. The lowest BCUT2D eigenvalue weighted by atomic mass is 10.2. The van der Waals surface area contributed by atoms with Gasteiger partial charge in [0.25, 0.3) is 0 Å². The largest absolute Gasteiger partial charge is 0.493 e. The highest BCUT2D eigenvalue weighted by molar-refractivity contribution is 6.43. The van der Waals surface area contributed by atoms with Crippen LogP contribution in [-0.4, -0.2) is 33.1 Å². The summed E-state index contributed by atoms with van der Waals surface area (Å²) in [5, 5.41) is 5.38. The molecule has 0 atom stereocenters. The minimum Gasteiger partial charge on any atom is -0.493 e. The summed E-state index contributed by atoms with van der Waals surface area (Å²) in [6.07, 6.45) is 0. The molecule has 2 amide bonds. The lowest BCUT2D eigenvalue weighted by Gasteiger charge is -2.14. The van der Waals surface area contributed by atoms with E-state index >= 15 is 0 Å². The molecule has 0 fully saturated rings. The molecule has 132 valence electrons. The van der Waals surface area contributed by atoms with Crippen LogP contribution in [0.5, 0.6) is 17.2 Å². The zero-order chi connectivity index (χ0) is 18.4. The number of amides is 2. The number of ether oxygens (including phenoxy) is 3. The molecule has 0 aromatic heterocycles. The average molecular weight is 365 g/mol. The summed E-state index contributed by atoms with van der Waals surface area (Å²) in [7, 11) is 4.38. The third kappa shape index (κ3) is 4.54. The molecule has 2 aromatic rings. The third-order valence-corrected chi connectivity index (χ3v) is 3.45. The Labute approximate surface area is 149 Å². The zero-order valence-electron chi connectivity index (χ0n) is 13.9. The van der Waals surface area contributed by atoms with Crippen molar-refractivity contribution in [3.8, 4) is 17.2 Å². The summed E-state index contributed by atoms with van der Waals surface area (Å²) in [4.78, 5) is 24.1. The number of carbonyl (C=O) groups excluding carboxylic acids is 2. The predicted octanol–water partition coefficient (Wildman–Crippen LogP) is 2.94. The van der Waals surface area contributed by atoms with Gasteiger partial charge in [0.05, 0.1) is 21.3 Å². The van der Waals surface area contributed by atoms with Gasteiger partial charge in [0.1, 0.15) is 0 Å². The number of rotatable bonds is 5. The SMILES string of the molecule is COc1cc(NC(=O)C(=O)Nc2cccc(Cl)c2)cc(OC)c1OC. The maximum atomic E-state index is 12.1. The van der Waals surface area contributed by atoms with E-state index < -0.39 is 11.8 Å². The van der Waals surface area contributed by atoms with Gasteiger partial charge in [-0.15, -0.1) is 0 Å². The van der Waals surface area contributed by atoms with Crippen LogP contribution < -0.4 is 24.8 Å². The van der Waals surface area contributed by atoms with E-state index in [0.717, 1.165) is 0 Å². The van der Waals surface area contributed by atoms with E-state index in [0.29, 0.717) is 33.6 Å². The van der Waals surface area contributed by atoms with Crippen LogP contribution in [0.3, 0.4) is 0 Å². The van der Waals surface area contributed by atoms with Crippen molar-refractivity contribution in [1.29, 1.82) is 0 Å². The number of halogens is 1. The van der Waals surface area contributed by atoms with Crippen molar-refractivity contribution in [1.82, 2.24) is 0 Å². The Bertz CT molecular complexity index is 769. The molecule has 2 N–H and O–H groups in total. The zero-order valence-corrected chi connectivity index (χ0v) is 14.6. The Hall–Kier alpha value is -2.93. The Morgan fingerprint density at radius 3 is 1.88 bits per heavy atom. The summed E-state index contributed by atoms with van der Waals surface area (Å²) in [6.45, 7) is 0. The molecule has 0 bridgehead atoms. The van der Waals surface area contributed by atoms with E-state index in [1.54, 1.807) is 18.2 Å². The van der Waals surface area contributed by atoms with Crippen LogP contribution in [0.4, 0.5) is 11.4 Å². The van der Waals surface area contributed by atoms with Crippen molar-refractivity contribution in [2.24, 2.45) is 0 Å². The van der Waals surface area contributed by atoms with Crippen LogP contribution in [-0.2, 0) is 9.59 Å². The van der Waals surface area contributed by atoms with Crippen molar-refractivity contribution in [2.75, 3.05) is 32.0 Å². The molecular weight excluding hydrogens is 348 g/mol. The van der Waals surface area contributed by atoms with Gasteiger partial charge in [0, 0.05) is 28.5 Å². The van der Waals surface area contributed by atoms with E-state index in [1.807, 2.05) is 0 Å². The first-order valence-electron chi connectivity index (χ1n) is 7.16. The molecule has 0 saturated carbocycles. The summed E-state index contributed by atoms with van der Waals surface area (Å²) < 4.78 is 15.6. The maximum absolute atomic E-state index is 12.1. The van der Waals surface area contributed by atoms with E-state index in [-0.39, 0.29) is 0 Å². The van der Waals surface area contributed by atoms with Gasteiger partial charge < -0.3 is 24.8 Å². The van der Waals surface area contributed by atoms with Crippen LogP contribution in [0, 0.1) is 0 Å². The van der Waals surface area contributed by atoms with E-state index in [1.165, 1.54) is 39.5 Å². The second-order valence-corrected chi connectivity index (χ2v) is 5.27. The molecule has 2 rings (SSSR count). The average Bonchev–Trinajstić information content (AvgIpc) is 2.60. The van der Waals surface area contributed by atoms with Gasteiger partial charge in [-0.25, -0.2) is 0 Å². The van der Waals surface area contributed by atoms with Gasteiger partial charge >= 0.3 is 11.8 Å². The summed E-state index contributed by atoms with van der Waals surface area (Å²) in [6, 6.07) is 9.52. The lowest BCUT2D eigenvalue weighted by molar-refractivity contribution is -0.133. The van der Waals surface area contributed by atoms with Gasteiger partial charge in [-0.1, -0.05) is 17.7 Å². The van der Waals surface area contributed by atoms with Crippen molar-refractivity contribution in [2.45, 2.75) is 0 Å². The fourth-order valence-corrected chi connectivity index (χ4v) is 2.29. The molecule has 7 nitrogen and oxygen atoms in total. The smallest absolute Gasteiger partial charge is 0.314 e. The summed E-state index contributed by atoms with van der Waals surface area (Å²) in [5.74, 6) is -0.601. The molecule has 0 aliphatic rings. The quantitative estimate of drug-likeness (QED) is 0.797. The normalized spacial score (nSPS) is 9.92. The Balaban J connectivity index is 2.15. The van der Waals surface area contributed by atoms with E-state index in [9.17, 15) is 9.59 Å². The van der Waals surface area contributed by atoms with Crippen molar-refractivity contribution >= 4 is 34.8 Å². The van der Waals surface area contributed by atoms with E-state index in [2.05, 4.69) is 10.6 Å². The summed E-state index contributed by atoms with van der Waals surface area (Å²) in [5.41, 5.74) is 0.735. The molecule has 0 aliphatic heterocycles. The fourth-order valence-electron chi connectivity index (χ4n) is 2.10.